The van der Waals surface area contributed by atoms with Crippen LogP contribution in [0, 0.1) is 0 Å². The van der Waals surface area contributed by atoms with Crippen molar-refractivity contribution in [2.24, 2.45) is 0 Å². The Morgan fingerprint density at radius 2 is 2.00 bits per heavy atom. The number of hydrogen-bond donors (Lipinski definition) is 1. The largest absolute Gasteiger partial charge is 0.478 e. The fourth-order valence-corrected chi connectivity index (χ4v) is 2.08. The van der Waals surface area contributed by atoms with Crippen LogP contribution in [0.4, 0.5) is 0 Å². The first-order chi connectivity index (χ1) is 9.70. The standard InChI is InChI=1S/C13H9ClN4O2/c14-7-11-16-12-9(13(19)20)1-2-10(18(12)17-11)8-3-5-15-6-4-8/h1-6H,7H2,(H,19,20). The molecule has 0 saturated carbocycles. The maximum absolute atomic E-state index is 11.2. The van der Waals surface area contributed by atoms with Crippen LogP contribution in [0.5, 0.6) is 0 Å². The average molecular weight is 289 g/mol. The maximum atomic E-state index is 11.2. The molecule has 100 valence electrons. The molecule has 3 aromatic heterocycles. The van der Waals surface area contributed by atoms with Crippen LogP contribution in [0.3, 0.4) is 0 Å². The van der Waals surface area contributed by atoms with Gasteiger partial charge < -0.3 is 5.11 Å². The number of rotatable bonds is 3. The summed E-state index contributed by atoms with van der Waals surface area (Å²) < 4.78 is 1.50. The number of pyridine rings is 2. The van der Waals surface area contributed by atoms with Crippen molar-refractivity contribution < 1.29 is 9.90 Å². The molecular formula is C13H9ClN4O2. The van der Waals surface area contributed by atoms with E-state index < -0.39 is 5.97 Å². The van der Waals surface area contributed by atoms with Gasteiger partial charge in [-0.25, -0.2) is 14.3 Å². The predicted octanol–water partition coefficient (Wildman–Crippen LogP) is 2.23. The molecule has 0 saturated heterocycles. The fraction of sp³-hybridized carbons (Fsp3) is 0.0769. The molecule has 0 fully saturated rings. The molecule has 0 radical (unpaired) electrons. The Labute approximate surface area is 118 Å². The molecule has 1 N–H and O–H groups in total. The summed E-state index contributed by atoms with van der Waals surface area (Å²) in [5, 5.41) is 13.4. The molecule has 0 aliphatic carbocycles. The number of halogens is 1. The molecule has 7 heteroatoms. The zero-order valence-corrected chi connectivity index (χ0v) is 10.9. The van der Waals surface area contributed by atoms with Crippen LogP contribution in [0.25, 0.3) is 16.9 Å². The van der Waals surface area contributed by atoms with Gasteiger partial charge in [0.05, 0.1) is 11.6 Å². The van der Waals surface area contributed by atoms with Crippen molar-refractivity contribution >= 4 is 23.2 Å². The quantitative estimate of drug-likeness (QED) is 0.748. The van der Waals surface area contributed by atoms with Crippen molar-refractivity contribution in [1.82, 2.24) is 19.6 Å². The van der Waals surface area contributed by atoms with Gasteiger partial charge in [-0.15, -0.1) is 16.7 Å². The number of aromatic carboxylic acids is 1. The normalized spacial score (nSPS) is 10.8. The molecule has 3 heterocycles. The SMILES string of the molecule is O=C(O)c1ccc(-c2ccncc2)n2nc(CCl)nc12. The van der Waals surface area contributed by atoms with Crippen LogP contribution in [-0.2, 0) is 5.88 Å². The van der Waals surface area contributed by atoms with E-state index in [1.165, 1.54) is 10.6 Å². The molecule has 0 bridgehead atoms. The third-order valence-corrected chi connectivity index (χ3v) is 3.09. The van der Waals surface area contributed by atoms with Gasteiger partial charge in [-0.1, -0.05) is 0 Å². The highest BCUT2D eigenvalue weighted by Gasteiger charge is 2.16. The number of nitrogens with zero attached hydrogens (tertiary/aromatic N) is 4. The van der Waals surface area contributed by atoms with E-state index in [4.69, 9.17) is 11.6 Å². The van der Waals surface area contributed by atoms with Crippen LogP contribution in [0.2, 0.25) is 0 Å². The smallest absolute Gasteiger partial charge is 0.339 e. The first-order valence-corrected chi connectivity index (χ1v) is 6.32. The van der Waals surface area contributed by atoms with Gasteiger partial charge in [0.15, 0.2) is 11.5 Å². The number of carboxylic acid groups (broad SMARTS) is 1. The Morgan fingerprint density at radius 1 is 1.25 bits per heavy atom. The van der Waals surface area contributed by atoms with Gasteiger partial charge in [-0.05, 0) is 24.3 Å². The number of aromatic nitrogens is 4. The number of alkyl halides is 1. The summed E-state index contributed by atoms with van der Waals surface area (Å²) in [4.78, 5) is 19.4. The third-order valence-electron chi connectivity index (χ3n) is 2.85. The van der Waals surface area contributed by atoms with E-state index in [1.807, 2.05) is 12.1 Å². The first kappa shape index (κ1) is 12.6. The van der Waals surface area contributed by atoms with Crippen molar-refractivity contribution in [2.45, 2.75) is 5.88 Å². The Kier molecular flexibility index (Phi) is 3.08. The van der Waals surface area contributed by atoms with Crippen LogP contribution < -0.4 is 0 Å². The molecule has 6 nitrogen and oxygen atoms in total. The van der Waals surface area contributed by atoms with Crippen LogP contribution in [-0.4, -0.2) is 30.7 Å². The number of carboxylic acids is 1. The third kappa shape index (κ3) is 2.00. The molecule has 0 amide bonds. The second-order valence-electron chi connectivity index (χ2n) is 4.07. The zero-order chi connectivity index (χ0) is 14.1. The molecular weight excluding hydrogens is 280 g/mol. The summed E-state index contributed by atoms with van der Waals surface area (Å²) >= 11 is 5.73. The molecule has 3 aromatic rings. The lowest BCUT2D eigenvalue weighted by atomic mass is 10.1. The molecule has 0 aromatic carbocycles. The van der Waals surface area contributed by atoms with Gasteiger partial charge >= 0.3 is 5.97 Å². The van der Waals surface area contributed by atoms with E-state index in [-0.39, 0.29) is 17.1 Å². The van der Waals surface area contributed by atoms with Gasteiger partial charge in [0, 0.05) is 18.0 Å². The Balaban J connectivity index is 2.32. The lowest BCUT2D eigenvalue weighted by Crippen LogP contribution is -2.03. The molecule has 0 aliphatic rings. The summed E-state index contributed by atoms with van der Waals surface area (Å²) in [6, 6.07) is 6.84. The Bertz CT molecular complexity index is 786. The molecule has 0 unspecified atom stereocenters. The molecule has 0 atom stereocenters. The van der Waals surface area contributed by atoms with E-state index in [9.17, 15) is 9.90 Å². The van der Waals surface area contributed by atoms with Gasteiger partial charge in [-0.3, -0.25) is 4.98 Å². The highest BCUT2D eigenvalue weighted by Crippen LogP contribution is 2.22. The summed E-state index contributed by atoms with van der Waals surface area (Å²) in [5.41, 5.74) is 1.97. The van der Waals surface area contributed by atoms with E-state index >= 15 is 0 Å². The fourth-order valence-electron chi connectivity index (χ4n) is 1.97. The second-order valence-corrected chi connectivity index (χ2v) is 4.34. The van der Waals surface area contributed by atoms with E-state index in [2.05, 4.69) is 15.1 Å². The van der Waals surface area contributed by atoms with Gasteiger partial charge in [0.2, 0.25) is 0 Å². The number of hydrogen-bond acceptors (Lipinski definition) is 4. The van der Waals surface area contributed by atoms with Crippen molar-refractivity contribution in [3.63, 3.8) is 0 Å². The Morgan fingerprint density at radius 3 is 2.65 bits per heavy atom. The minimum Gasteiger partial charge on any atom is -0.478 e. The van der Waals surface area contributed by atoms with E-state index in [0.717, 1.165) is 11.3 Å². The highest BCUT2D eigenvalue weighted by molar-refractivity contribution is 6.16. The zero-order valence-electron chi connectivity index (χ0n) is 10.2. The van der Waals surface area contributed by atoms with Gasteiger partial charge in [0.1, 0.15) is 5.56 Å². The lowest BCUT2D eigenvalue weighted by molar-refractivity contribution is 0.0698. The van der Waals surface area contributed by atoms with Gasteiger partial charge in [-0.2, -0.15) is 0 Å². The minimum absolute atomic E-state index is 0.0895. The lowest BCUT2D eigenvalue weighted by Gasteiger charge is -2.05. The summed E-state index contributed by atoms with van der Waals surface area (Å²) in [5.74, 6) is -0.545. The maximum Gasteiger partial charge on any atom is 0.339 e. The summed E-state index contributed by atoms with van der Waals surface area (Å²) in [6.45, 7) is 0. The number of carbonyl (C=O) groups is 1. The molecule has 20 heavy (non-hydrogen) atoms. The van der Waals surface area contributed by atoms with Crippen molar-refractivity contribution in [2.75, 3.05) is 0 Å². The van der Waals surface area contributed by atoms with Crippen LogP contribution in [0.1, 0.15) is 16.2 Å². The first-order valence-electron chi connectivity index (χ1n) is 5.79. The van der Waals surface area contributed by atoms with Gasteiger partial charge in [0.25, 0.3) is 0 Å². The minimum atomic E-state index is -1.05. The summed E-state index contributed by atoms with van der Waals surface area (Å²) in [6.07, 6.45) is 3.32. The highest BCUT2D eigenvalue weighted by atomic mass is 35.5. The van der Waals surface area contributed by atoms with E-state index in [0.29, 0.717) is 5.82 Å². The molecule has 0 spiro atoms. The van der Waals surface area contributed by atoms with Crippen LogP contribution >= 0.6 is 11.6 Å². The van der Waals surface area contributed by atoms with Crippen molar-refractivity contribution in [3.05, 3.63) is 48.0 Å². The van der Waals surface area contributed by atoms with E-state index in [1.54, 1.807) is 18.5 Å². The molecule has 3 rings (SSSR count). The molecule has 0 aliphatic heterocycles. The second kappa shape index (κ2) is 4.90. The average Bonchev–Trinajstić information content (AvgIpc) is 2.90. The van der Waals surface area contributed by atoms with Crippen molar-refractivity contribution in [3.8, 4) is 11.3 Å². The summed E-state index contributed by atoms with van der Waals surface area (Å²) in [7, 11) is 0. The van der Waals surface area contributed by atoms with Crippen molar-refractivity contribution in [1.29, 1.82) is 0 Å². The monoisotopic (exact) mass is 288 g/mol. The topological polar surface area (TPSA) is 80.4 Å². The number of fused-ring (bicyclic) bond motifs is 1. The predicted molar refractivity (Wildman–Crippen MR) is 72.7 cm³/mol. The van der Waals surface area contributed by atoms with Crippen LogP contribution in [0.15, 0.2) is 36.7 Å². The Hall–Kier alpha value is -2.47.